The predicted molar refractivity (Wildman–Crippen MR) is 125 cm³/mol. The SMILES string of the molecule is CCSc1nc(NCC(C)C)c2cnn(CCNC(=O)COc3ccc(C)cc3)c2n1. The minimum Gasteiger partial charge on any atom is -0.484 e. The number of carbonyl (C=O) groups excluding carboxylic acids is 1. The van der Waals surface area contributed by atoms with Crippen LogP contribution in [0.15, 0.2) is 35.6 Å². The monoisotopic (exact) mass is 442 g/mol. The third-order valence-electron chi connectivity index (χ3n) is 4.46. The van der Waals surface area contributed by atoms with Crippen LogP contribution in [0.2, 0.25) is 0 Å². The van der Waals surface area contributed by atoms with Gasteiger partial charge in [0.05, 0.1) is 18.1 Å². The third-order valence-corrected chi connectivity index (χ3v) is 5.19. The molecule has 2 N–H and O–H groups in total. The van der Waals surface area contributed by atoms with E-state index in [1.54, 1.807) is 22.6 Å². The molecular formula is C22H30N6O2S. The molecular weight excluding hydrogens is 412 g/mol. The number of benzene rings is 1. The molecule has 0 fully saturated rings. The molecule has 0 aliphatic carbocycles. The van der Waals surface area contributed by atoms with E-state index in [0.717, 1.165) is 39.9 Å². The van der Waals surface area contributed by atoms with Crippen LogP contribution in [0.4, 0.5) is 5.82 Å². The van der Waals surface area contributed by atoms with E-state index in [9.17, 15) is 4.79 Å². The Morgan fingerprint density at radius 1 is 1.23 bits per heavy atom. The number of thioether (sulfide) groups is 1. The van der Waals surface area contributed by atoms with Crippen molar-refractivity contribution in [3.8, 4) is 5.75 Å². The number of nitrogens with zero attached hydrogens (tertiary/aromatic N) is 4. The maximum Gasteiger partial charge on any atom is 0.258 e. The number of ether oxygens (including phenoxy) is 1. The minimum atomic E-state index is -0.173. The van der Waals surface area contributed by atoms with Crippen LogP contribution in [-0.2, 0) is 11.3 Å². The summed E-state index contributed by atoms with van der Waals surface area (Å²) in [4.78, 5) is 21.4. The first kappa shape index (κ1) is 22.9. The van der Waals surface area contributed by atoms with E-state index in [1.807, 2.05) is 31.2 Å². The van der Waals surface area contributed by atoms with E-state index < -0.39 is 0 Å². The summed E-state index contributed by atoms with van der Waals surface area (Å²) >= 11 is 1.60. The molecule has 166 valence electrons. The van der Waals surface area contributed by atoms with Gasteiger partial charge in [0.15, 0.2) is 17.4 Å². The van der Waals surface area contributed by atoms with Crippen LogP contribution in [0, 0.1) is 12.8 Å². The molecule has 0 atom stereocenters. The molecule has 1 amide bonds. The summed E-state index contributed by atoms with van der Waals surface area (Å²) in [5, 5.41) is 12.3. The van der Waals surface area contributed by atoms with Crippen LogP contribution in [0.25, 0.3) is 11.0 Å². The number of fused-ring (bicyclic) bond motifs is 1. The second kappa shape index (κ2) is 11.0. The maximum absolute atomic E-state index is 12.1. The van der Waals surface area contributed by atoms with Gasteiger partial charge in [-0.2, -0.15) is 5.10 Å². The molecule has 2 heterocycles. The molecule has 0 saturated carbocycles. The molecule has 0 aliphatic heterocycles. The van der Waals surface area contributed by atoms with Gasteiger partial charge in [-0.1, -0.05) is 50.2 Å². The molecule has 1 aromatic carbocycles. The lowest BCUT2D eigenvalue weighted by molar-refractivity contribution is -0.123. The van der Waals surface area contributed by atoms with Crippen LogP contribution in [0.5, 0.6) is 5.75 Å². The van der Waals surface area contributed by atoms with Crippen LogP contribution in [0.3, 0.4) is 0 Å². The molecule has 0 unspecified atom stereocenters. The van der Waals surface area contributed by atoms with E-state index in [-0.39, 0.29) is 12.5 Å². The Labute approximate surface area is 187 Å². The van der Waals surface area contributed by atoms with Gasteiger partial charge in [-0.15, -0.1) is 0 Å². The molecule has 2 aromatic heterocycles. The zero-order chi connectivity index (χ0) is 22.2. The largest absolute Gasteiger partial charge is 0.484 e. The van der Waals surface area contributed by atoms with E-state index in [4.69, 9.17) is 4.74 Å². The number of aromatic nitrogens is 4. The first-order chi connectivity index (χ1) is 15.0. The Kier molecular flexibility index (Phi) is 8.11. The second-order valence-electron chi connectivity index (χ2n) is 7.62. The van der Waals surface area contributed by atoms with Gasteiger partial charge in [0.25, 0.3) is 5.91 Å². The van der Waals surface area contributed by atoms with Crippen molar-refractivity contribution in [1.82, 2.24) is 25.1 Å². The fourth-order valence-electron chi connectivity index (χ4n) is 2.86. The van der Waals surface area contributed by atoms with Gasteiger partial charge in [-0.25, -0.2) is 14.6 Å². The van der Waals surface area contributed by atoms with Gasteiger partial charge < -0.3 is 15.4 Å². The van der Waals surface area contributed by atoms with Crippen molar-refractivity contribution >= 4 is 34.5 Å². The number of aryl methyl sites for hydroxylation is 1. The lowest BCUT2D eigenvalue weighted by atomic mass is 10.2. The lowest BCUT2D eigenvalue weighted by Crippen LogP contribution is -2.31. The highest BCUT2D eigenvalue weighted by molar-refractivity contribution is 7.99. The summed E-state index contributed by atoms with van der Waals surface area (Å²) in [7, 11) is 0. The smallest absolute Gasteiger partial charge is 0.258 e. The molecule has 9 heteroatoms. The molecule has 31 heavy (non-hydrogen) atoms. The number of rotatable bonds is 11. The lowest BCUT2D eigenvalue weighted by Gasteiger charge is -2.11. The number of nitrogens with one attached hydrogen (secondary N) is 2. The van der Waals surface area contributed by atoms with Gasteiger partial charge in [0.1, 0.15) is 11.6 Å². The van der Waals surface area contributed by atoms with Gasteiger partial charge in [0.2, 0.25) is 0 Å². The summed E-state index contributed by atoms with van der Waals surface area (Å²) in [6.45, 7) is 10.1. The van der Waals surface area contributed by atoms with Crippen LogP contribution in [-0.4, -0.2) is 51.1 Å². The Balaban J connectivity index is 1.60. The summed E-state index contributed by atoms with van der Waals surface area (Å²) < 4.78 is 7.32. The molecule has 0 spiro atoms. The Hall–Kier alpha value is -2.81. The summed E-state index contributed by atoms with van der Waals surface area (Å²) in [6.07, 6.45) is 1.78. The standard InChI is InChI=1S/C22H30N6O2S/c1-5-31-22-26-20(24-12-15(2)3)18-13-25-28(21(18)27-22)11-10-23-19(29)14-30-17-8-6-16(4)7-9-17/h6-9,13,15H,5,10-12,14H2,1-4H3,(H,23,29)(H,24,26,27). The molecule has 0 aliphatic rings. The quantitative estimate of drug-likeness (QED) is 0.347. The third kappa shape index (κ3) is 6.58. The van der Waals surface area contributed by atoms with Crippen molar-refractivity contribution in [2.75, 3.05) is 30.8 Å². The summed E-state index contributed by atoms with van der Waals surface area (Å²) in [5.74, 6) is 2.70. The molecule has 8 nitrogen and oxygen atoms in total. The molecule has 0 saturated heterocycles. The number of hydrogen-bond donors (Lipinski definition) is 2. The van der Waals surface area contributed by atoms with E-state index in [0.29, 0.717) is 24.8 Å². The van der Waals surface area contributed by atoms with Crippen molar-refractivity contribution in [3.63, 3.8) is 0 Å². The highest BCUT2D eigenvalue weighted by atomic mass is 32.2. The topological polar surface area (TPSA) is 94.0 Å². The average Bonchev–Trinajstić information content (AvgIpc) is 3.15. The van der Waals surface area contributed by atoms with Gasteiger partial charge >= 0.3 is 0 Å². The predicted octanol–water partition coefficient (Wildman–Crippen LogP) is 3.51. The zero-order valence-corrected chi connectivity index (χ0v) is 19.3. The number of anilines is 1. The Bertz CT molecular complexity index is 1000. The van der Waals surface area contributed by atoms with Gasteiger partial charge in [-0.05, 0) is 30.7 Å². The van der Waals surface area contributed by atoms with Crippen molar-refractivity contribution in [1.29, 1.82) is 0 Å². The maximum atomic E-state index is 12.1. The van der Waals surface area contributed by atoms with Crippen molar-refractivity contribution < 1.29 is 9.53 Å². The van der Waals surface area contributed by atoms with Gasteiger partial charge in [-0.3, -0.25) is 4.79 Å². The highest BCUT2D eigenvalue weighted by Crippen LogP contribution is 2.24. The zero-order valence-electron chi connectivity index (χ0n) is 18.5. The number of hydrogen-bond acceptors (Lipinski definition) is 7. The van der Waals surface area contributed by atoms with E-state index in [1.165, 1.54) is 0 Å². The fraction of sp³-hybridized carbons (Fsp3) is 0.455. The summed E-state index contributed by atoms with van der Waals surface area (Å²) in [5.41, 5.74) is 1.91. The average molecular weight is 443 g/mol. The van der Waals surface area contributed by atoms with E-state index in [2.05, 4.69) is 46.5 Å². The Morgan fingerprint density at radius 3 is 2.71 bits per heavy atom. The van der Waals surface area contributed by atoms with Crippen LogP contribution in [0.1, 0.15) is 26.3 Å². The van der Waals surface area contributed by atoms with E-state index >= 15 is 0 Å². The molecule has 0 radical (unpaired) electrons. The number of amides is 1. The van der Waals surface area contributed by atoms with Gasteiger partial charge in [0, 0.05) is 13.1 Å². The number of carbonyl (C=O) groups is 1. The van der Waals surface area contributed by atoms with Crippen molar-refractivity contribution in [2.24, 2.45) is 5.92 Å². The molecule has 3 aromatic rings. The minimum absolute atomic E-state index is 0.0222. The molecule has 3 rings (SSSR count). The molecule has 0 bridgehead atoms. The second-order valence-corrected chi connectivity index (χ2v) is 8.85. The van der Waals surface area contributed by atoms with Crippen LogP contribution < -0.4 is 15.4 Å². The Morgan fingerprint density at radius 2 is 2.00 bits per heavy atom. The fourth-order valence-corrected chi connectivity index (χ4v) is 3.43. The van der Waals surface area contributed by atoms with Crippen molar-refractivity contribution in [2.45, 2.75) is 39.4 Å². The van der Waals surface area contributed by atoms with Crippen molar-refractivity contribution in [3.05, 3.63) is 36.0 Å². The normalized spacial score (nSPS) is 11.1. The first-order valence-electron chi connectivity index (χ1n) is 10.5. The highest BCUT2D eigenvalue weighted by Gasteiger charge is 2.14. The summed E-state index contributed by atoms with van der Waals surface area (Å²) in [6, 6.07) is 7.62. The van der Waals surface area contributed by atoms with Crippen LogP contribution >= 0.6 is 11.8 Å². The first-order valence-corrected chi connectivity index (χ1v) is 11.5.